The number of rotatable bonds is 2. The van der Waals surface area contributed by atoms with Crippen molar-refractivity contribution < 1.29 is 14.3 Å². The number of nitrogens with one attached hydrogen (secondary N) is 3. The third-order valence-corrected chi connectivity index (χ3v) is 3.13. The first-order chi connectivity index (χ1) is 9.17. The molecule has 0 saturated carbocycles. The van der Waals surface area contributed by atoms with Crippen molar-refractivity contribution in [1.29, 1.82) is 0 Å². The Morgan fingerprint density at radius 1 is 1.11 bits per heavy atom. The number of benzene rings is 1. The summed E-state index contributed by atoms with van der Waals surface area (Å²) in [6.45, 7) is 0. The molecular weight excluding hydrogens is 248 g/mol. The van der Waals surface area contributed by atoms with E-state index in [1.807, 2.05) is 12.1 Å². The second kappa shape index (κ2) is 4.27. The summed E-state index contributed by atoms with van der Waals surface area (Å²) in [5.41, 5.74) is 0.871. The lowest BCUT2D eigenvalue weighted by Crippen LogP contribution is -2.48. The zero-order valence-electron chi connectivity index (χ0n) is 10.1. The molecule has 19 heavy (non-hydrogen) atoms. The number of hydrogen-bond acceptors (Lipinski definition) is 3. The highest BCUT2D eigenvalue weighted by Gasteiger charge is 2.39. The molecule has 0 bridgehead atoms. The number of aliphatic imine (C=N–C) groups is 1. The average molecular weight is 260 g/mol. The number of carbonyl (C=O) groups is 2. The van der Waals surface area contributed by atoms with Crippen LogP contribution in [0.4, 0.5) is 9.59 Å². The maximum Gasteiger partial charge on any atom is 0.343 e. The van der Waals surface area contributed by atoms with E-state index >= 15 is 0 Å². The lowest BCUT2D eigenvalue weighted by atomic mass is 9.98. The Morgan fingerprint density at radius 3 is 2.53 bits per heavy atom. The van der Waals surface area contributed by atoms with Crippen molar-refractivity contribution in [2.45, 2.75) is 12.1 Å². The van der Waals surface area contributed by atoms with E-state index in [0.717, 1.165) is 11.3 Å². The van der Waals surface area contributed by atoms with E-state index in [1.165, 1.54) is 0 Å². The number of methoxy groups -OCH3 is 1. The predicted octanol–water partition coefficient (Wildman–Crippen LogP) is 0.539. The summed E-state index contributed by atoms with van der Waals surface area (Å²) in [5.74, 6) is 1.09. The van der Waals surface area contributed by atoms with E-state index in [1.54, 1.807) is 19.2 Å². The molecule has 2 heterocycles. The number of hydrogen-bond donors (Lipinski definition) is 3. The molecule has 1 saturated heterocycles. The molecule has 4 amide bonds. The van der Waals surface area contributed by atoms with E-state index in [0.29, 0.717) is 5.84 Å². The largest absolute Gasteiger partial charge is 0.497 e. The molecule has 1 fully saturated rings. The first kappa shape index (κ1) is 11.5. The van der Waals surface area contributed by atoms with Gasteiger partial charge in [-0.2, -0.15) is 4.99 Å². The second-order valence-corrected chi connectivity index (χ2v) is 4.27. The van der Waals surface area contributed by atoms with Crippen molar-refractivity contribution in [3.8, 4) is 5.75 Å². The van der Waals surface area contributed by atoms with Gasteiger partial charge in [-0.25, -0.2) is 9.59 Å². The third kappa shape index (κ3) is 1.99. The van der Waals surface area contributed by atoms with Gasteiger partial charge < -0.3 is 15.4 Å². The Hall–Kier alpha value is -2.57. The fraction of sp³-hybridized carbons (Fsp3) is 0.250. The van der Waals surface area contributed by atoms with Gasteiger partial charge in [-0.3, -0.25) is 5.32 Å². The van der Waals surface area contributed by atoms with Gasteiger partial charge in [0.2, 0.25) is 0 Å². The first-order valence-corrected chi connectivity index (χ1v) is 5.78. The number of ether oxygens (including phenoxy) is 1. The highest BCUT2D eigenvalue weighted by atomic mass is 16.5. The lowest BCUT2D eigenvalue weighted by molar-refractivity contribution is 0.239. The molecule has 0 unspecified atom stereocenters. The van der Waals surface area contributed by atoms with Crippen LogP contribution >= 0.6 is 0 Å². The highest BCUT2D eigenvalue weighted by Crippen LogP contribution is 2.24. The van der Waals surface area contributed by atoms with Crippen LogP contribution in [-0.2, 0) is 0 Å². The summed E-state index contributed by atoms with van der Waals surface area (Å²) >= 11 is 0. The Balaban J connectivity index is 1.93. The molecule has 7 nitrogen and oxygen atoms in total. The van der Waals surface area contributed by atoms with Gasteiger partial charge >= 0.3 is 12.1 Å². The molecule has 98 valence electrons. The van der Waals surface area contributed by atoms with E-state index in [2.05, 4.69) is 20.9 Å². The second-order valence-electron chi connectivity index (χ2n) is 4.27. The smallest absolute Gasteiger partial charge is 0.343 e. The van der Waals surface area contributed by atoms with Crippen molar-refractivity contribution in [2.24, 2.45) is 4.99 Å². The van der Waals surface area contributed by atoms with Crippen LogP contribution in [0, 0.1) is 0 Å². The van der Waals surface area contributed by atoms with Crippen LogP contribution in [0.2, 0.25) is 0 Å². The molecule has 3 N–H and O–H groups in total. The maximum atomic E-state index is 11.5. The van der Waals surface area contributed by atoms with E-state index in [4.69, 9.17) is 4.74 Å². The first-order valence-electron chi connectivity index (χ1n) is 5.78. The van der Waals surface area contributed by atoms with Gasteiger partial charge in [0.05, 0.1) is 13.2 Å². The summed E-state index contributed by atoms with van der Waals surface area (Å²) in [6.07, 6.45) is 0. The SMILES string of the molecule is COc1ccc([C@@H]2NC(=O)N=C3NC(=O)N[C@H]32)cc1. The highest BCUT2D eigenvalue weighted by molar-refractivity contribution is 6.12. The van der Waals surface area contributed by atoms with Crippen LogP contribution in [0.15, 0.2) is 29.3 Å². The van der Waals surface area contributed by atoms with Crippen molar-refractivity contribution in [2.75, 3.05) is 7.11 Å². The number of nitrogens with zero attached hydrogens (tertiary/aromatic N) is 1. The molecule has 0 aliphatic carbocycles. The van der Waals surface area contributed by atoms with E-state index < -0.39 is 6.03 Å². The van der Waals surface area contributed by atoms with Crippen LogP contribution in [0.3, 0.4) is 0 Å². The van der Waals surface area contributed by atoms with Gasteiger partial charge in [0.25, 0.3) is 0 Å². The summed E-state index contributed by atoms with van der Waals surface area (Å²) in [4.78, 5) is 26.6. The number of urea groups is 2. The summed E-state index contributed by atoms with van der Waals surface area (Å²) in [7, 11) is 1.59. The van der Waals surface area contributed by atoms with Crippen LogP contribution in [0.1, 0.15) is 11.6 Å². The molecular formula is C12H12N4O3. The summed E-state index contributed by atoms with van der Waals surface area (Å²) in [5, 5.41) is 7.99. The molecule has 2 aliphatic heterocycles. The third-order valence-electron chi connectivity index (χ3n) is 3.13. The predicted molar refractivity (Wildman–Crippen MR) is 67.2 cm³/mol. The zero-order valence-corrected chi connectivity index (χ0v) is 10.1. The molecule has 2 atom stereocenters. The van der Waals surface area contributed by atoms with Crippen molar-refractivity contribution in [3.05, 3.63) is 29.8 Å². The van der Waals surface area contributed by atoms with Gasteiger partial charge in [-0.1, -0.05) is 12.1 Å². The maximum absolute atomic E-state index is 11.5. The molecule has 0 radical (unpaired) electrons. The molecule has 0 spiro atoms. The fourth-order valence-electron chi connectivity index (χ4n) is 2.22. The minimum Gasteiger partial charge on any atom is -0.497 e. The molecule has 3 rings (SSSR count). The Labute approximate surface area is 109 Å². The molecule has 1 aromatic rings. The molecule has 2 aliphatic rings. The van der Waals surface area contributed by atoms with E-state index in [-0.39, 0.29) is 18.1 Å². The normalized spacial score (nSPS) is 24.8. The topological polar surface area (TPSA) is 91.8 Å². The standard InChI is InChI=1S/C12H12N4O3/c1-19-7-4-2-6(3-5-7)8-9-10(15-11(17)13-8)16-12(18)14-9/h2-5,8-9H,1H3,(H3,13,14,15,16,17,18)/t8-,9-/m0/s1. The van der Waals surface area contributed by atoms with Gasteiger partial charge in [-0.15, -0.1) is 0 Å². The molecule has 0 aromatic heterocycles. The number of amidine groups is 1. The quantitative estimate of drug-likeness (QED) is 0.724. The Bertz CT molecular complexity index is 567. The summed E-state index contributed by atoms with van der Waals surface area (Å²) in [6, 6.07) is 5.78. The van der Waals surface area contributed by atoms with Crippen molar-refractivity contribution in [1.82, 2.24) is 16.0 Å². The van der Waals surface area contributed by atoms with E-state index in [9.17, 15) is 9.59 Å². The van der Waals surface area contributed by atoms with Crippen LogP contribution in [0.25, 0.3) is 0 Å². The minimum absolute atomic E-state index is 0.343. The number of amides is 4. The summed E-state index contributed by atoms with van der Waals surface area (Å²) < 4.78 is 5.09. The Morgan fingerprint density at radius 2 is 1.84 bits per heavy atom. The number of fused-ring (bicyclic) bond motifs is 1. The lowest BCUT2D eigenvalue weighted by Gasteiger charge is -2.27. The van der Waals surface area contributed by atoms with Gasteiger partial charge in [0, 0.05) is 0 Å². The van der Waals surface area contributed by atoms with Crippen LogP contribution in [-0.4, -0.2) is 31.0 Å². The molecule has 1 aromatic carbocycles. The monoisotopic (exact) mass is 260 g/mol. The van der Waals surface area contributed by atoms with Crippen LogP contribution in [0.5, 0.6) is 5.75 Å². The van der Waals surface area contributed by atoms with Gasteiger partial charge in [0.15, 0.2) is 0 Å². The minimum atomic E-state index is -0.462. The van der Waals surface area contributed by atoms with Crippen LogP contribution < -0.4 is 20.7 Å². The fourth-order valence-corrected chi connectivity index (χ4v) is 2.22. The Kier molecular flexibility index (Phi) is 2.59. The molecule has 7 heteroatoms. The zero-order chi connectivity index (χ0) is 13.4. The average Bonchev–Trinajstić information content (AvgIpc) is 2.78. The number of carbonyl (C=O) groups excluding carboxylic acids is 2. The van der Waals surface area contributed by atoms with Crippen molar-refractivity contribution in [3.63, 3.8) is 0 Å². The van der Waals surface area contributed by atoms with Crippen molar-refractivity contribution >= 4 is 17.9 Å². The van der Waals surface area contributed by atoms with Gasteiger partial charge in [-0.05, 0) is 17.7 Å². The van der Waals surface area contributed by atoms with Gasteiger partial charge in [0.1, 0.15) is 17.6 Å².